The largest absolute Gasteiger partial charge is 0.353 e. The monoisotopic (exact) mass is 454 g/mol. The Balaban J connectivity index is 3.32. The Bertz CT molecular complexity index is 202. The van der Waals surface area contributed by atoms with Crippen LogP contribution in [0, 0.1) is 0 Å². The van der Waals surface area contributed by atoms with Gasteiger partial charge in [0.1, 0.15) is 10.0 Å². The summed E-state index contributed by atoms with van der Waals surface area (Å²) in [7, 11) is 0. The molecule has 3 heteroatoms. The molecule has 0 aliphatic carbocycles. The fraction of sp³-hybridized carbons (Fsp3) is 1.00. The molecule has 0 aliphatic rings. The van der Waals surface area contributed by atoms with Gasteiger partial charge in [0.05, 0.1) is 0 Å². The van der Waals surface area contributed by atoms with Crippen molar-refractivity contribution in [3.8, 4) is 0 Å². The molecule has 0 bridgehead atoms. The van der Waals surface area contributed by atoms with Crippen LogP contribution >= 0.6 is 31.9 Å². The lowest BCUT2D eigenvalue weighted by molar-refractivity contribution is 0.0868. The van der Waals surface area contributed by atoms with Crippen molar-refractivity contribution in [2.75, 3.05) is 0 Å². The molecule has 0 aromatic rings. The summed E-state index contributed by atoms with van der Waals surface area (Å²) in [5.41, 5.74) is 0. The van der Waals surface area contributed by atoms with Gasteiger partial charge in [0.25, 0.3) is 0 Å². The van der Waals surface area contributed by atoms with Crippen molar-refractivity contribution in [2.45, 2.75) is 127 Å². The second-order valence-electron chi connectivity index (χ2n) is 6.78. The number of hydrogen-bond acceptors (Lipinski definition) is 1. The maximum Gasteiger partial charge on any atom is 0.114 e. The van der Waals surface area contributed by atoms with Gasteiger partial charge in [-0.1, -0.05) is 123 Å². The zero-order chi connectivity index (χ0) is 17.2. The van der Waals surface area contributed by atoms with E-state index in [2.05, 4.69) is 45.7 Å². The average Bonchev–Trinajstić information content (AvgIpc) is 2.53. The Kier molecular flexibility index (Phi) is 20.0. The molecular formula is C20H40Br2O. The van der Waals surface area contributed by atoms with Crippen LogP contribution in [0.3, 0.4) is 0 Å². The molecule has 0 radical (unpaired) electrons. The second kappa shape index (κ2) is 19.2. The minimum Gasteiger partial charge on any atom is -0.353 e. The molecule has 0 saturated carbocycles. The van der Waals surface area contributed by atoms with Crippen LogP contribution in [-0.4, -0.2) is 10.0 Å². The van der Waals surface area contributed by atoms with Crippen molar-refractivity contribution in [1.82, 2.24) is 0 Å². The Morgan fingerprint density at radius 1 is 0.522 bits per heavy atom. The molecule has 2 atom stereocenters. The summed E-state index contributed by atoms with van der Waals surface area (Å²) in [6.07, 6.45) is 21.4. The fourth-order valence-corrected chi connectivity index (χ4v) is 4.28. The summed E-state index contributed by atoms with van der Waals surface area (Å²) < 4.78 is 5.97. The van der Waals surface area contributed by atoms with E-state index in [1.165, 1.54) is 89.9 Å². The van der Waals surface area contributed by atoms with Gasteiger partial charge in [0, 0.05) is 0 Å². The van der Waals surface area contributed by atoms with Gasteiger partial charge in [-0.3, -0.25) is 0 Å². The lowest BCUT2D eigenvalue weighted by atomic mass is 10.1. The van der Waals surface area contributed by atoms with Gasteiger partial charge in [0.2, 0.25) is 0 Å². The first-order valence-corrected chi connectivity index (χ1v) is 12.0. The first-order chi connectivity index (χ1) is 11.2. The van der Waals surface area contributed by atoms with E-state index in [0.717, 1.165) is 12.8 Å². The lowest BCUT2D eigenvalue weighted by Gasteiger charge is -2.16. The maximum atomic E-state index is 5.97. The molecule has 1 nitrogen and oxygen atoms in total. The van der Waals surface area contributed by atoms with E-state index in [4.69, 9.17) is 4.74 Å². The zero-order valence-electron chi connectivity index (χ0n) is 15.6. The van der Waals surface area contributed by atoms with Crippen LogP contribution in [0.2, 0.25) is 0 Å². The van der Waals surface area contributed by atoms with Crippen LogP contribution in [0.5, 0.6) is 0 Å². The lowest BCUT2D eigenvalue weighted by Crippen LogP contribution is -2.12. The normalized spacial score (nSPS) is 14.1. The third-order valence-electron chi connectivity index (χ3n) is 4.36. The van der Waals surface area contributed by atoms with Gasteiger partial charge >= 0.3 is 0 Å². The Hall–Kier alpha value is 0.920. The van der Waals surface area contributed by atoms with Crippen molar-refractivity contribution in [2.24, 2.45) is 0 Å². The van der Waals surface area contributed by atoms with Crippen molar-refractivity contribution < 1.29 is 4.74 Å². The second-order valence-corrected chi connectivity index (χ2v) is 8.82. The first kappa shape index (κ1) is 23.9. The smallest absolute Gasteiger partial charge is 0.114 e. The molecule has 0 N–H and O–H groups in total. The van der Waals surface area contributed by atoms with Crippen LogP contribution in [0.4, 0.5) is 0 Å². The molecule has 0 spiro atoms. The summed E-state index contributed by atoms with van der Waals surface area (Å²) >= 11 is 7.34. The molecule has 0 heterocycles. The van der Waals surface area contributed by atoms with Crippen LogP contribution in [-0.2, 0) is 4.74 Å². The third kappa shape index (κ3) is 19.1. The summed E-state index contributed by atoms with van der Waals surface area (Å²) in [6.45, 7) is 4.55. The molecule has 0 fully saturated rings. The third-order valence-corrected chi connectivity index (χ3v) is 5.71. The highest BCUT2D eigenvalue weighted by Gasteiger charge is 2.11. The quantitative estimate of drug-likeness (QED) is 0.148. The molecule has 140 valence electrons. The SMILES string of the molecule is CCCCCCCCCC(Br)OC(Br)CCCCCCCCC. The molecule has 0 aliphatic heterocycles. The van der Waals surface area contributed by atoms with E-state index in [9.17, 15) is 0 Å². The van der Waals surface area contributed by atoms with E-state index in [1.54, 1.807) is 0 Å². The summed E-state index contributed by atoms with van der Waals surface area (Å²) in [4.78, 5) is 0. The van der Waals surface area contributed by atoms with E-state index in [-0.39, 0.29) is 10.0 Å². The summed E-state index contributed by atoms with van der Waals surface area (Å²) in [5, 5.41) is 0.430. The molecule has 0 rings (SSSR count). The van der Waals surface area contributed by atoms with Gasteiger partial charge in [-0.2, -0.15) is 0 Å². The van der Waals surface area contributed by atoms with Gasteiger partial charge in [0.15, 0.2) is 0 Å². The van der Waals surface area contributed by atoms with Crippen LogP contribution < -0.4 is 0 Å². The number of ether oxygens (including phenoxy) is 1. The predicted molar refractivity (Wildman–Crippen MR) is 112 cm³/mol. The van der Waals surface area contributed by atoms with E-state index in [1.807, 2.05) is 0 Å². The number of halogens is 2. The highest BCUT2D eigenvalue weighted by Crippen LogP contribution is 2.21. The van der Waals surface area contributed by atoms with Crippen molar-refractivity contribution in [1.29, 1.82) is 0 Å². The van der Waals surface area contributed by atoms with Crippen molar-refractivity contribution in [3.05, 3.63) is 0 Å². The van der Waals surface area contributed by atoms with Gasteiger partial charge in [-0.25, -0.2) is 0 Å². The number of hydrogen-bond donors (Lipinski definition) is 0. The minimum absolute atomic E-state index is 0.215. The summed E-state index contributed by atoms with van der Waals surface area (Å²) in [6, 6.07) is 0. The number of unbranched alkanes of at least 4 members (excludes halogenated alkanes) is 12. The molecule has 0 aromatic carbocycles. The molecule has 23 heavy (non-hydrogen) atoms. The van der Waals surface area contributed by atoms with Gasteiger partial charge in [-0.05, 0) is 25.7 Å². The van der Waals surface area contributed by atoms with E-state index >= 15 is 0 Å². The fourth-order valence-electron chi connectivity index (χ4n) is 2.82. The maximum absolute atomic E-state index is 5.97. The zero-order valence-corrected chi connectivity index (χ0v) is 18.8. The average molecular weight is 456 g/mol. The minimum atomic E-state index is 0.215. The molecule has 0 aromatic heterocycles. The Morgan fingerprint density at radius 3 is 1.17 bits per heavy atom. The number of alkyl halides is 2. The van der Waals surface area contributed by atoms with E-state index < -0.39 is 0 Å². The summed E-state index contributed by atoms with van der Waals surface area (Å²) in [5.74, 6) is 0. The van der Waals surface area contributed by atoms with Crippen molar-refractivity contribution in [3.63, 3.8) is 0 Å². The van der Waals surface area contributed by atoms with Crippen LogP contribution in [0.15, 0.2) is 0 Å². The van der Waals surface area contributed by atoms with Gasteiger partial charge < -0.3 is 4.74 Å². The Labute approximate surface area is 163 Å². The topological polar surface area (TPSA) is 9.23 Å². The molecule has 2 unspecified atom stereocenters. The first-order valence-electron chi connectivity index (χ1n) is 10.1. The molecule has 0 saturated heterocycles. The van der Waals surface area contributed by atoms with Crippen LogP contribution in [0.1, 0.15) is 117 Å². The van der Waals surface area contributed by atoms with Crippen molar-refractivity contribution >= 4 is 31.9 Å². The highest BCUT2D eigenvalue weighted by atomic mass is 79.9. The molecular weight excluding hydrogens is 416 g/mol. The molecule has 0 amide bonds. The standard InChI is InChI=1S/C20H40Br2O/c1-3-5-7-9-11-13-15-17-19(21)23-20(22)18-16-14-12-10-8-6-4-2/h19-20H,3-18H2,1-2H3. The Morgan fingerprint density at radius 2 is 0.826 bits per heavy atom. The predicted octanol–water partition coefficient (Wildman–Crippen LogP) is 8.73. The van der Waals surface area contributed by atoms with Crippen LogP contribution in [0.25, 0.3) is 0 Å². The highest BCUT2D eigenvalue weighted by molar-refractivity contribution is 9.10. The van der Waals surface area contributed by atoms with E-state index in [0.29, 0.717) is 0 Å². The number of rotatable bonds is 18. The van der Waals surface area contributed by atoms with Gasteiger partial charge in [-0.15, -0.1) is 0 Å².